The second-order valence-electron chi connectivity index (χ2n) is 7.66. The highest BCUT2D eigenvalue weighted by atomic mass is 32.2. The Morgan fingerprint density at radius 3 is 2.52 bits per heavy atom. The van der Waals surface area contributed by atoms with Crippen molar-refractivity contribution < 1.29 is 57.4 Å². The third-order valence-corrected chi connectivity index (χ3v) is 6.40. The summed E-state index contributed by atoms with van der Waals surface area (Å²) in [6, 6.07) is 0. The normalized spacial score (nSPS) is 42.8. The van der Waals surface area contributed by atoms with E-state index in [4.69, 9.17) is 27.9 Å². The fourth-order valence-electron chi connectivity index (χ4n) is 4.40. The molecule has 3 aliphatic rings. The molecule has 0 saturated carbocycles. The van der Waals surface area contributed by atoms with Crippen molar-refractivity contribution in [3.63, 3.8) is 0 Å². The number of ether oxygens (including phenoxy) is 5. The molecule has 3 heterocycles. The largest absolute Gasteiger partial charge is 0.394 e. The fraction of sp³-hybridized carbons (Fsp3) is 1.00. The van der Waals surface area contributed by atoms with E-state index in [0.29, 0.717) is 25.4 Å². The van der Waals surface area contributed by atoms with Crippen molar-refractivity contribution in [2.24, 2.45) is 11.8 Å². The lowest BCUT2D eigenvalue weighted by Gasteiger charge is -2.43. The van der Waals surface area contributed by atoms with Gasteiger partial charge < -0.3 is 39.0 Å². The molecule has 3 rings (SSSR count). The first-order valence-electron chi connectivity index (χ1n) is 10.2. The van der Waals surface area contributed by atoms with Gasteiger partial charge in [-0.2, -0.15) is 0 Å². The van der Waals surface area contributed by atoms with Crippen LogP contribution in [0, 0.1) is 11.8 Å². The fourth-order valence-corrected chi connectivity index (χ4v) is 4.87. The van der Waals surface area contributed by atoms with Crippen molar-refractivity contribution in [2.75, 3.05) is 40.6 Å². The minimum Gasteiger partial charge on any atom is -0.394 e. The Hall–Kier alpha value is -0.130. The number of hydrogen-bond acceptors (Lipinski definition) is 13. The summed E-state index contributed by atoms with van der Waals surface area (Å²) in [6.07, 6.45) is -4.62. The van der Waals surface area contributed by atoms with Gasteiger partial charge >= 0.3 is 0 Å². The van der Waals surface area contributed by atoms with E-state index in [0.717, 1.165) is 0 Å². The van der Waals surface area contributed by atoms with Gasteiger partial charge in [-0.25, -0.2) is 4.89 Å². The number of methoxy groups -OCH3 is 1. The molecular formula is C18H32O12S. The molecular weight excluding hydrogens is 440 g/mol. The van der Waals surface area contributed by atoms with Crippen molar-refractivity contribution in [3.05, 3.63) is 0 Å². The SMILES string of the molecule is CC[C@H]1C(O)[C@H](COC[C@H]2C3CO[C@H]2C(O)[C@@H](OC)O3)OC(CO)[C@@H]1OSOOOC. The first-order valence-corrected chi connectivity index (χ1v) is 10.9. The Balaban J connectivity index is 1.51. The van der Waals surface area contributed by atoms with Crippen molar-refractivity contribution in [1.29, 1.82) is 0 Å². The predicted octanol–water partition coefficient (Wildman–Crippen LogP) is -0.645. The lowest BCUT2D eigenvalue weighted by Crippen LogP contribution is -2.57. The van der Waals surface area contributed by atoms with Gasteiger partial charge in [0.25, 0.3) is 0 Å². The molecule has 0 aromatic rings. The average Bonchev–Trinajstić information content (AvgIpc) is 3.09. The zero-order chi connectivity index (χ0) is 22.4. The first kappa shape index (κ1) is 25.5. The molecule has 4 unspecified atom stereocenters. The summed E-state index contributed by atoms with van der Waals surface area (Å²) in [6.45, 7) is 2.30. The van der Waals surface area contributed by atoms with E-state index in [2.05, 4.69) is 14.3 Å². The van der Waals surface area contributed by atoms with Gasteiger partial charge in [0.2, 0.25) is 0 Å². The number of rotatable bonds is 12. The van der Waals surface area contributed by atoms with E-state index in [1.165, 1.54) is 14.2 Å². The van der Waals surface area contributed by atoms with Crippen LogP contribution < -0.4 is 0 Å². The van der Waals surface area contributed by atoms with Crippen LogP contribution in [-0.2, 0) is 42.1 Å². The molecule has 13 heteroatoms. The van der Waals surface area contributed by atoms with Crippen molar-refractivity contribution >= 4 is 12.3 Å². The Morgan fingerprint density at radius 1 is 1.03 bits per heavy atom. The minimum atomic E-state index is -0.906. The first-order chi connectivity index (χ1) is 15.0. The van der Waals surface area contributed by atoms with Crippen molar-refractivity contribution in [2.45, 2.75) is 62.4 Å². The molecule has 2 bridgehead atoms. The van der Waals surface area contributed by atoms with E-state index in [1.807, 2.05) is 6.92 Å². The van der Waals surface area contributed by atoms with Crippen LogP contribution >= 0.6 is 12.3 Å². The Bertz CT molecular complexity index is 530. The van der Waals surface area contributed by atoms with E-state index >= 15 is 0 Å². The van der Waals surface area contributed by atoms with Crippen LogP contribution in [0.3, 0.4) is 0 Å². The second kappa shape index (κ2) is 12.4. The lowest BCUT2D eigenvalue weighted by atomic mass is 9.84. The van der Waals surface area contributed by atoms with Gasteiger partial charge in [-0.3, -0.25) is 4.18 Å². The van der Waals surface area contributed by atoms with E-state index in [-0.39, 0.29) is 37.8 Å². The van der Waals surface area contributed by atoms with Crippen LogP contribution in [0.25, 0.3) is 0 Å². The monoisotopic (exact) mass is 472 g/mol. The average molecular weight is 473 g/mol. The summed E-state index contributed by atoms with van der Waals surface area (Å²) in [5.74, 6) is -0.497. The van der Waals surface area contributed by atoms with Gasteiger partial charge in [0, 0.05) is 18.9 Å². The molecule has 3 saturated heterocycles. The Labute approximate surface area is 185 Å². The third kappa shape index (κ3) is 5.87. The van der Waals surface area contributed by atoms with Crippen LogP contribution in [0.2, 0.25) is 0 Å². The molecule has 0 radical (unpaired) electrons. The molecule has 10 atom stereocenters. The molecule has 12 nitrogen and oxygen atoms in total. The number of fused-ring (bicyclic) bond motifs is 2. The maximum absolute atomic E-state index is 10.8. The molecule has 0 aliphatic carbocycles. The van der Waals surface area contributed by atoms with Gasteiger partial charge in [-0.1, -0.05) is 12.0 Å². The molecule has 31 heavy (non-hydrogen) atoms. The predicted molar refractivity (Wildman–Crippen MR) is 103 cm³/mol. The van der Waals surface area contributed by atoms with E-state index in [1.54, 1.807) is 0 Å². The van der Waals surface area contributed by atoms with Crippen LogP contribution in [0.4, 0.5) is 0 Å². The highest BCUT2D eigenvalue weighted by molar-refractivity contribution is 7.89. The maximum Gasteiger partial charge on any atom is 0.198 e. The summed E-state index contributed by atoms with van der Waals surface area (Å²) in [7, 11) is 2.75. The summed E-state index contributed by atoms with van der Waals surface area (Å²) < 4.78 is 38.3. The third-order valence-electron chi connectivity index (χ3n) is 5.98. The van der Waals surface area contributed by atoms with Gasteiger partial charge in [0.05, 0.1) is 51.8 Å². The summed E-state index contributed by atoms with van der Waals surface area (Å²) in [5.41, 5.74) is 0. The molecule has 0 amide bonds. The van der Waals surface area contributed by atoms with Gasteiger partial charge in [0.15, 0.2) is 18.6 Å². The number of aliphatic hydroxyl groups excluding tert-OH is 3. The quantitative estimate of drug-likeness (QED) is 0.143. The molecule has 0 spiro atoms. The topological polar surface area (TPSA) is 144 Å². The van der Waals surface area contributed by atoms with Crippen molar-refractivity contribution in [1.82, 2.24) is 0 Å². The van der Waals surface area contributed by atoms with Gasteiger partial charge in [0.1, 0.15) is 24.4 Å². The van der Waals surface area contributed by atoms with Crippen LogP contribution in [0.15, 0.2) is 0 Å². The number of hydrogen-bond donors (Lipinski definition) is 3. The highest BCUT2D eigenvalue weighted by Crippen LogP contribution is 2.36. The second-order valence-corrected chi connectivity index (χ2v) is 8.12. The van der Waals surface area contributed by atoms with E-state index < -0.39 is 42.9 Å². The Morgan fingerprint density at radius 2 is 1.84 bits per heavy atom. The van der Waals surface area contributed by atoms with Crippen molar-refractivity contribution in [3.8, 4) is 0 Å². The summed E-state index contributed by atoms with van der Waals surface area (Å²) in [5, 5.41) is 35.1. The molecule has 3 fully saturated rings. The smallest absolute Gasteiger partial charge is 0.198 e. The Kier molecular flexibility index (Phi) is 10.2. The van der Waals surface area contributed by atoms with Gasteiger partial charge in [-0.05, 0) is 6.42 Å². The highest BCUT2D eigenvalue weighted by Gasteiger charge is 2.51. The van der Waals surface area contributed by atoms with Gasteiger partial charge in [-0.15, -0.1) is 4.33 Å². The molecule has 0 aromatic heterocycles. The molecule has 3 aliphatic heterocycles. The molecule has 3 N–H and O–H groups in total. The summed E-state index contributed by atoms with van der Waals surface area (Å²) >= 11 is 0.530. The molecule has 0 aromatic carbocycles. The van der Waals surface area contributed by atoms with E-state index in [9.17, 15) is 15.3 Å². The van der Waals surface area contributed by atoms with Crippen LogP contribution in [0.1, 0.15) is 13.3 Å². The molecule has 182 valence electrons. The summed E-state index contributed by atoms with van der Waals surface area (Å²) in [4.78, 5) is 4.30. The standard InChI is InChI=1S/C18H32O12S/c1-4-9-14(20)13(26-11(5-19)16(9)28-31-30-29-23-3)7-24-6-10-12-8-25-17(10)15(21)18(22-2)27-12/h9-21H,4-8H2,1-3H3/t9-,10-,11?,12?,13-,14?,15?,16+,17+,18-/m0/s1. The lowest BCUT2D eigenvalue weighted by molar-refractivity contribution is -0.449. The van der Waals surface area contributed by atoms with Crippen LogP contribution in [0.5, 0.6) is 0 Å². The zero-order valence-corrected chi connectivity index (χ0v) is 18.5. The van der Waals surface area contributed by atoms with Crippen LogP contribution in [-0.4, -0.2) is 105 Å². The zero-order valence-electron chi connectivity index (χ0n) is 17.7. The maximum atomic E-state index is 10.8. The number of aliphatic hydroxyl groups is 3. The minimum absolute atomic E-state index is 0.0943.